The molecule has 3 unspecified atom stereocenters. The Morgan fingerprint density at radius 3 is 2.80 bits per heavy atom. The van der Waals surface area contributed by atoms with Gasteiger partial charge in [-0.05, 0) is 38.0 Å². The zero-order valence-electron chi connectivity index (χ0n) is 17.3. The first kappa shape index (κ1) is 20.9. The second kappa shape index (κ2) is 8.05. The fourth-order valence-corrected chi connectivity index (χ4v) is 4.72. The number of hydrogen-bond acceptors (Lipinski definition) is 7. The van der Waals surface area contributed by atoms with Crippen LogP contribution in [-0.4, -0.2) is 84.4 Å². The van der Waals surface area contributed by atoms with Gasteiger partial charge in [-0.2, -0.15) is 0 Å². The van der Waals surface area contributed by atoms with Gasteiger partial charge in [0.1, 0.15) is 25.0 Å². The molecule has 3 heterocycles. The molecule has 1 aromatic rings. The van der Waals surface area contributed by atoms with E-state index in [0.29, 0.717) is 11.6 Å². The third-order valence-electron chi connectivity index (χ3n) is 6.01. The first-order valence-corrected chi connectivity index (χ1v) is 10.5. The Labute approximate surface area is 180 Å². The molecule has 1 N–H and O–H groups in total. The highest BCUT2D eigenvalue weighted by atomic mass is 35.5. The van der Waals surface area contributed by atoms with Crippen molar-refractivity contribution in [1.82, 2.24) is 20.0 Å². The molecule has 3 amide bonds. The Morgan fingerprint density at radius 1 is 1.30 bits per heavy atom. The number of amides is 3. The number of likely N-dealkylation sites (N-methyl/N-ethyl adjacent to an activating group) is 1. The Hall–Kier alpha value is -2.36. The second-order valence-corrected chi connectivity index (χ2v) is 8.13. The minimum Gasteiger partial charge on any atom is -0.465 e. The molecule has 9 nitrogen and oxygen atoms in total. The molecule has 1 aromatic carbocycles. The summed E-state index contributed by atoms with van der Waals surface area (Å²) in [5.74, 6) is -0.973. The molecule has 0 bridgehead atoms. The quantitative estimate of drug-likeness (QED) is 0.711. The molecule has 3 aliphatic rings. The lowest BCUT2D eigenvalue weighted by atomic mass is 10.1. The zero-order chi connectivity index (χ0) is 21.6. The fraction of sp³-hybridized carbons (Fsp3) is 0.550. The van der Waals surface area contributed by atoms with Crippen LogP contribution in [0.1, 0.15) is 18.9 Å². The number of rotatable bonds is 4. The standard InChI is InChI=1S/C20H26ClN5O4/c1-4-30-15(27)11-26-18(28)16-17(23(3)20(26)29)22-19-24(9-6-10-25(16)19)14-8-5-7-13(21)12(14)2/h5,7-8,16-17,19,22H,4,6,9-11H2,1-3H3. The van der Waals surface area contributed by atoms with Crippen molar-refractivity contribution in [1.29, 1.82) is 0 Å². The van der Waals surface area contributed by atoms with Gasteiger partial charge >= 0.3 is 12.0 Å². The zero-order valence-corrected chi connectivity index (χ0v) is 18.1. The normalized spacial score (nSPS) is 26.7. The molecule has 162 valence electrons. The molecule has 0 aromatic heterocycles. The number of imide groups is 1. The van der Waals surface area contributed by atoms with Crippen molar-refractivity contribution in [3.05, 3.63) is 28.8 Å². The number of hydrogen-bond donors (Lipinski definition) is 1. The predicted octanol–water partition coefficient (Wildman–Crippen LogP) is 1.20. The molecule has 0 spiro atoms. The first-order chi connectivity index (χ1) is 14.3. The van der Waals surface area contributed by atoms with Crippen LogP contribution in [0.2, 0.25) is 5.02 Å². The molecule has 4 rings (SSSR count). The van der Waals surface area contributed by atoms with E-state index in [-0.39, 0.29) is 25.3 Å². The van der Waals surface area contributed by atoms with Crippen LogP contribution in [-0.2, 0) is 14.3 Å². The number of carbonyl (C=O) groups is 3. The Balaban J connectivity index is 1.63. The lowest BCUT2D eigenvalue weighted by Crippen LogP contribution is -2.67. The van der Waals surface area contributed by atoms with E-state index in [1.54, 1.807) is 14.0 Å². The average molecular weight is 436 g/mol. The van der Waals surface area contributed by atoms with Crippen LogP contribution in [0.25, 0.3) is 0 Å². The van der Waals surface area contributed by atoms with Gasteiger partial charge < -0.3 is 14.5 Å². The number of esters is 1. The van der Waals surface area contributed by atoms with Crippen molar-refractivity contribution < 1.29 is 19.1 Å². The van der Waals surface area contributed by atoms with Gasteiger partial charge in [-0.3, -0.25) is 24.7 Å². The van der Waals surface area contributed by atoms with Gasteiger partial charge in [0, 0.05) is 30.8 Å². The Bertz CT molecular complexity index is 881. The molecule has 3 aliphatic heterocycles. The molecule has 0 saturated carbocycles. The number of urea groups is 1. The van der Waals surface area contributed by atoms with Crippen molar-refractivity contribution in [2.75, 3.05) is 38.2 Å². The predicted molar refractivity (Wildman–Crippen MR) is 111 cm³/mol. The van der Waals surface area contributed by atoms with E-state index in [9.17, 15) is 14.4 Å². The number of anilines is 1. The van der Waals surface area contributed by atoms with Crippen molar-refractivity contribution in [2.24, 2.45) is 0 Å². The van der Waals surface area contributed by atoms with E-state index in [1.165, 1.54) is 4.90 Å². The van der Waals surface area contributed by atoms with Crippen molar-refractivity contribution in [3.63, 3.8) is 0 Å². The molecule has 3 atom stereocenters. The van der Waals surface area contributed by atoms with E-state index >= 15 is 0 Å². The Kier molecular flexibility index (Phi) is 5.61. The van der Waals surface area contributed by atoms with Crippen LogP contribution in [0.5, 0.6) is 0 Å². The second-order valence-electron chi connectivity index (χ2n) is 7.72. The summed E-state index contributed by atoms with van der Waals surface area (Å²) in [7, 11) is 1.64. The third kappa shape index (κ3) is 3.30. The van der Waals surface area contributed by atoms with Crippen LogP contribution in [0.15, 0.2) is 18.2 Å². The number of benzene rings is 1. The molecule has 3 fully saturated rings. The van der Waals surface area contributed by atoms with Crippen molar-refractivity contribution in [2.45, 2.75) is 38.8 Å². The minimum absolute atomic E-state index is 0.195. The maximum atomic E-state index is 13.3. The summed E-state index contributed by atoms with van der Waals surface area (Å²) < 4.78 is 4.94. The number of fused-ring (bicyclic) bond motifs is 3. The summed E-state index contributed by atoms with van der Waals surface area (Å²) in [4.78, 5) is 44.8. The summed E-state index contributed by atoms with van der Waals surface area (Å²) in [6.07, 6.45) is 0.122. The fourth-order valence-electron chi connectivity index (χ4n) is 4.55. The molecular weight excluding hydrogens is 410 g/mol. The van der Waals surface area contributed by atoms with Crippen molar-refractivity contribution in [3.8, 4) is 0 Å². The van der Waals surface area contributed by atoms with E-state index in [1.807, 2.05) is 25.1 Å². The molecule has 3 saturated heterocycles. The summed E-state index contributed by atoms with van der Waals surface area (Å²) in [6.45, 7) is 4.98. The van der Waals surface area contributed by atoms with Gasteiger partial charge in [-0.1, -0.05) is 17.7 Å². The van der Waals surface area contributed by atoms with E-state index in [2.05, 4.69) is 15.1 Å². The van der Waals surface area contributed by atoms with Crippen LogP contribution >= 0.6 is 11.6 Å². The monoisotopic (exact) mass is 435 g/mol. The number of nitrogens with one attached hydrogen (secondary N) is 1. The molecule has 0 radical (unpaired) electrons. The number of carbonyl (C=O) groups excluding carboxylic acids is 3. The van der Waals surface area contributed by atoms with E-state index < -0.39 is 24.2 Å². The first-order valence-electron chi connectivity index (χ1n) is 10.1. The van der Waals surface area contributed by atoms with Crippen LogP contribution in [0, 0.1) is 6.92 Å². The summed E-state index contributed by atoms with van der Waals surface area (Å²) >= 11 is 6.34. The smallest absolute Gasteiger partial charge is 0.328 e. The van der Waals surface area contributed by atoms with Gasteiger partial charge in [0.05, 0.1) is 6.61 Å². The molecule has 30 heavy (non-hydrogen) atoms. The summed E-state index contributed by atoms with van der Waals surface area (Å²) in [5, 5.41) is 4.13. The summed E-state index contributed by atoms with van der Waals surface area (Å²) in [5.41, 5.74) is 1.96. The highest BCUT2D eigenvalue weighted by molar-refractivity contribution is 6.31. The van der Waals surface area contributed by atoms with Crippen LogP contribution in [0.4, 0.5) is 10.5 Å². The Morgan fingerprint density at radius 2 is 2.07 bits per heavy atom. The van der Waals surface area contributed by atoms with E-state index in [4.69, 9.17) is 16.3 Å². The highest BCUT2D eigenvalue weighted by Crippen LogP contribution is 2.35. The summed E-state index contributed by atoms with van der Waals surface area (Å²) in [6, 6.07) is 4.69. The van der Waals surface area contributed by atoms with E-state index in [0.717, 1.165) is 29.1 Å². The minimum atomic E-state index is -0.594. The van der Waals surface area contributed by atoms with Crippen molar-refractivity contribution >= 4 is 35.2 Å². The lowest BCUT2D eigenvalue weighted by Gasteiger charge is -2.44. The largest absolute Gasteiger partial charge is 0.465 e. The SMILES string of the molecule is CCOC(=O)CN1C(=O)C2C(NC3N(c4cccc(Cl)c4C)CCCN23)N(C)C1=O. The maximum absolute atomic E-state index is 13.3. The number of nitrogens with zero attached hydrogens (tertiary/aromatic N) is 4. The van der Waals surface area contributed by atoms with Gasteiger partial charge in [-0.15, -0.1) is 0 Å². The van der Waals surface area contributed by atoms with Gasteiger partial charge in [0.2, 0.25) is 0 Å². The molecule has 10 heteroatoms. The maximum Gasteiger partial charge on any atom is 0.328 e. The number of halogens is 1. The average Bonchev–Trinajstić information content (AvgIpc) is 3.12. The van der Waals surface area contributed by atoms with Gasteiger partial charge in [0.25, 0.3) is 5.91 Å². The van der Waals surface area contributed by atoms with Crippen LogP contribution < -0.4 is 10.2 Å². The van der Waals surface area contributed by atoms with Gasteiger partial charge in [0.15, 0.2) is 0 Å². The highest BCUT2D eigenvalue weighted by Gasteiger charge is 2.56. The van der Waals surface area contributed by atoms with Gasteiger partial charge in [-0.25, -0.2) is 4.79 Å². The topological polar surface area (TPSA) is 85.4 Å². The molecular formula is C20H26ClN5O4. The molecule has 0 aliphatic carbocycles. The number of ether oxygens (including phenoxy) is 1. The third-order valence-corrected chi connectivity index (χ3v) is 6.42. The van der Waals surface area contributed by atoms with Crippen LogP contribution in [0.3, 0.4) is 0 Å². The lowest BCUT2D eigenvalue weighted by molar-refractivity contribution is -0.151.